The van der Waals surface area contributed by atoms with Crippen LogP contribution in [0.4, 0.5) is 0 Å². The number of rotatable bonds is 3. The van der Waals surface area contributed by atoms with E-state index in [2.05, 4.69) is 5.16 Å². The summed E-state index contributed by atoms with van der Waals surface area (Å²) in [6, 6.07) is 15.8. The fraction of sp³-hybridized carbons (Fsp3) is 0.0625. The molecule has 0 amide bonds. The number of aryl methyl sites for hydroxylation is 1. The van der Waals surface area contributed by atoms with E-state index in [9.17, 15) is 8.42 Å². The van der Waals surface area contributed by atoms with Gasteiger partial charge in [-0.2, -0.15) is 0 Å². The van der Waals surface area contributed by atoms with Crippen molar-refractivity contribution in [1.29, 1.82) is 0 Å². The van der Waals surface area contributed by atoms with E-state index in [1.807, 2.05) is 37.3 Å². The largest absolute Gasteiger partial charge is 1.00 e. The Morgan fingerprint density at radius 1 is 0.957 bits per heavy atom. The standard InChI is InChI=1S/C16H13N2O3S.K/c1-11-15(12-7-9-14(10-8-12)22(17,19)20)16(18-21-11)13-5-3-2-4-6-13;/h2-10H,1H3,(H-,17,19,20);/q-1;+1. The number of hydrogen-bond donors (Lipinski definition) is 0. The van der Waals surface area contributed by atoms with Crippen molar-refractivity contribution in [3.63, 3.8) is 0 Å². The second kappa shape index (κ2) is 7.39. The minimum atomic E-state index is -3.95. The van der Waals surface area contributed by atoms with Gasteiger partial charge in [0.2, 0.25) is 0 Å². The van der Waals surface area contributed by atoms with Crippen LogP contribution in [0.1, 0.15) is 5.76 Å². The smallest absolute Gasteiger partial charge is 0.560 e. The molecule has 7 heteroatoms. The van der Waals surface area contributed by atoms with Gasteiger partial charge in [-0.1, -0.05) is 47.6 Å². The second-order valence-electron chi connectivity index (χ2n) is 4.86. The number of aromatic nitrogens is 1. The van der Waals surface area contributed by atoms with Crippen molar-refractivity contribution >= 4 is 10.0 Å². The van der Waals surface area contributed by atoms with E-state index in [4.69, 9.17) is 9.66 Å². The van der Waals surface area contributed by atoms with Crippen molar-refractivity contribution in [2.45, 2.75) is 11.8 Å². The van der Waals surface area contributed by atoms with Crippen LogP contribution in [0.15, 0.2) is 64.0 Å². The maximum atomic E-state index is 11.2. The normalized spacial score (nSPS) is 11.0. The summed E-state index contributed by atoms with van der Waals surface area (Å²) in [5, 5.41) is 11.2. The Bertz CT molecular complexity index is 904. The maximum absolute atomic E-state index is 11.2. The molecule has 0 aliphatic heterocycles. The van der Waals surface area contributed by atoms with E-state index in [-0.39, 0.29) is 56.3 Å². The van der Waals surface area contributed by atoms with E-state index < -0.39 is 10.0 Å². The SMILES string of the molecule is Cc1onc(-c2ccccc2)c1-c1ccc(S([NH-])(=O)=O)cc1.[K+]. The van der Waals surface area contributed by atoms with E-state index in [0.29, 0.717) is 11.5 Å². The molecule has 0 atom stereocenters. The number of hydrogen-bond acceptors (Lipinski definition) is 4. The Labute approximate surface area is 177 Å². The predicted molar refractivity (Wildman–Crippen MR) is 83.6 cm³/mol. The first-order chi connectivity index (χ1) is 10.5. The topological polar surface area (TPSA) is 84.0 Å². The molecule has 0 radical (unpaired) electrons. The van der Waals surface area contributed by atoms with Gasteiger partial charge in [-0.05, 0) is 24.6 Å². The van der Waals surface area contributed by atoms with Crippen LogP contribution in [0.5, 0.6) is 0 Å². The van der Waals surface area contributed by atoms with Crippen LogP contribution in [-0.4, -0.2) is 13.6 Å². The van der Waals surface area contributed by atoms with Gasteiger partial charge in [0.05, 0.1) is 15.6 Å². The molecule has 5 nitrogen and oxygen atoms in total. The van der Waals surface area contributed by atoms with Crippen LogP contribution in [0.25, 0.3) is 27.5 Å². The summed E-state index contributed by atoms with van der Waals surface area (Å²) in [7, 11) is -3.95. The molecule has 1 aromatic heterocycles. The molecule has 0 bridgehead atoms. The quantitative estimate of drug-likeness (QED) is 0.660. The molecular weight excluding hydrogens is 339 g/mol. The summed E-state index contributed by atoms with van der Waals surface area (Å²) < 4.78 is 27.7. The molecular formula is C16H13KN2O3S. The summed E-state index contributed by atoms with van der Waals surface area (Å²) in [5.74, 6) is 0.653. The Balaban J connectivity index is 0.00000192. The van der Waals surface area contributed by atoms with E-state index >= 15 is 0 Å². The van der Waals surface area contributed by atoms with Gasteiger partial charge in [-0.25, -0.2) is 8.42 Å². The Morgan fingerprint density at radius 2 is 1.57 bits per heavy atom. The third-order valence-corrected chi connectivity index (χ3v) is 4.26. The monoisotopic (exact) mass is 352 g/mol. The van der Waals surface area contributed by atoms with Crippen LogP contribution >= 0.6 is 0 Å². The van der Waals surface area contributed by atoms with Crippen LogP contribution < -0.4 is 51.4 Å². The fourth-order valence-electron chi connectivity index (χ4n) is 2.31. The number of benzene rings is 2. The molecule has 1 N–H and O–H groups in total. The molecule has 0 fully saturated rings. The zero-order valence-electron chi connectivity index (χ0n) is 12.8. The van der Waals surface area contributed by atoms with Crippen molar-refractivity contribution in [2.24, 2.45) is 0 Å². The first kappa shape index (κ1) is 18.5. The van der Waals surface area contributed by atoms with Crippen molar-refractivity contribution in [1.82, 2.24) is 5.16 Å². The molecule has 23 heavy (non-hydrogen) atoms. The Kier molecular flexibility index (Phi) is 5.96. The van der Waals surface area contributed by atoms with Gasteiger partial charge in [0, 0.05) is 10.5 Å². The minimum absolute atomic E-state index is 0. The van der Waals surface area contributed by atoms with Crippen molar-refractivity contribution in [3.05, 3.63) is 65.5 Å². The van der Waals surface area contributed by atoms with E-state index in [0.717, 1.165) is 16.7 Å². The van der Waals surface area contributed by atoms with Crippen LogP contribution in [-0.2, 0) is 10.0 Å². The van der Waals surface area contributed by atoms with Gasteiger partial charge >= 0.3 is 51.4 Å². The third kappa shape index (κ3) is 4.00. The summed E-state index contributed by atoms with van der Waals surface area (Å²) >= 11 is 0. The Morgan fingerprint density at radius 3 is 2.13 bits per heavy atom. The molecule has 112 valence electrons. The number of sulfonamides is 1. The van der Waals surface area contributed by atoms with E-state index in [1.54, 1.807) is 12.1 Å². The molecule has 0 spiro atoms. The van der Waals surface area contributed by atoms with Gasteiger partial charge in [-0.3, -0.25) is 0 Å². The fourth-order valence-corrected chi connectivity index (χ4v) is 2.80. The second-order valence-corrected chi connectivity index (χ2v) is 6.33. The molecule has 3 aromatic rings. The predicted octanol–water partition coefficient (Wildman–Crippen LogP) is 1.06. The molecule has 2 aromatic carbocycles. The van der Waals surface area contributed by atoms with Crippen LogP contribution in [0.3, 0.4) is 0 Å². The third-order valence-electron chi connectivity index (χ3n) is 3.36. The summed E-state index contributed by atoms with van der Waals surface area (Å²) in [4.78, 5) is -0.0355. The van der Waals surface area contributed by atoms with Gasteiger partial charge in [0.25, 0.3) is 0 Å². The maximum Gasteiger partial charge on any atom is 1.00 e. The van der Waals surface area contributed by atoms with Gasteiger partial charge in [-0.15, -0.1) is 0 Å². The van der Waals surface area contributed by atoms with Crippen LogP contribution in [0.2, 0.25) is 0 Å². The van der Waals surface area contributed by atoms with Crippen molar-refractivity contribution < 1.29 is 64.3 Å². The summed E-state index contributed by atoms with van der Waals surface area (Å²) in [6.45, 7) is 1.81. The average molecular weight is 352 g/mol. The number of nitrogens with one attached hydrogen (secondary N) is 1. The summed E-state index contributed by atoms with van der Waals surface area (Å²) in [5.41, 5.74) is 3.25. The molecule has 1 heterocycles. The van der Waals surface area contributed by atoms with Gasteiger partial charge in [0.1, 0.15) is 11.5 Å². The molecule has 0 saturated carbocycles. The average Bonchev–Trinajstić information content (AvgIpc) is 2.89. The van der Waals surface area contributed by atoms with Crippen LogP contribution in [0, 0.1) is 6.92 Å². The molecule has 3 rings (SSSR count). The van der Waals surface area contributed by atoms with Gasteiger partial charge in [0.15, 0.2) is 0 Å². The number of nitrogens with zero attached hydrogens (tertiary/aromatic N) is 1. The molecule has 0 aliphatic rings. The Hall–Kier alpha value is -0.804. The first-order valence-corrected chi connectivity index (χ1v) is 8.07. The van der Waals surface area contributed by atoms with E-state index in [1.165, 1.54) is 12.1 Å². The molecule has 0 unspecified atom stereocenters. The van der Waals surface area contributed by atoms with Crippen molar-refractivity contribution in [3.8, 4) is 22.4 Å². The molecule has 0 aliphatic carbocycles. The zero-order chi connectivity index (χ0) is 15.7. The first-order valence-electron chi connectivity index (χ1n) is 6.58. The van der Waals surface area contributed by atoms with Gasteiger partial charge < -0.3 is 9.66 Å². The molecule has 0 saturated heterocycles. The van der Waals surface area contributed by atoms with Crippen molar-refractivity contribution in [2.75, 3.05) is 0 Å². The zero-order valence-corrected chi connectivity index (χ0v) is 16.7. The summed E-state index contributed by atoms with van der Waals surface area (Å²) in [6.07, 6.45) is 0. The minimum Gasteiger partial charge on any atom is -0.560 e.